The molecule has 4 heteroatoms. The van der Waals surface area contributed by atoms with Crippen molar-refractivity contribution in [1.82, 2.24) is 4.90 Å². The van der Waals surface area contributed by atoms with Crippen molar-refractivity contribution in [2.75, 3.05) is 18.0 Å². The van der Waals surface area contributed by atoms with E-state index in [1.807, 2.05) is 59.5 Å². The average molecular weight is 282 g/mol. The van der Waals surface area contributed by atoms with Crippen LogP contribution < -0.4 is 4.90 Å². The number of rotatable bonds is 4. The quantitative estimate of drug-likeness (QED) is 0.937. The number of nitrogens with zero attached hydrogens (tertiary/aromatic N) is 2. The molecule has 0 bridgehead atoms. The number of hydrogen-bond donors (Lipinski definition) is 1. The maximum Gasteiger partial charge on any atom is 0.324 e. The molecule has 0 aliphatic carbocycles. The van der Waals surface area contributed by atoms with Gasteiger partial charge < -0.3 is 10.0 Å². The van der Waals surface area contributed by atoms with Crippen LogP contribution in [0.25, 0.3) is 0 Å². The molecular weight excluding hydrogens is 264 g/mol. The van der Waals surface area contributed by atoms with Gasteiger partial charge in [-0.15, -0.1) is 0 Å². The Bertz CT molecular complexity index is 610. The number of anilines is 1. The summed E-state index contributed by atoms with van der Waals surface area (Å²) in [5.74, 6) is 0. The van der Waals surface area contributed by atoms with E-state index in [4.69, 9.17) is 5.11 Å². The molecule has 0 saturated carbocycles. The normalized spacial score (nSPS) is 14.8. The van der Waals surface area contributed by atoms with Crippen LogP contribution in [0.1, 0.15) is 11.1 Å². The number of carbonyl (C=O) groups excluding carboxylic acids is 1. The molecule has 0 atom stereocenters. The van der Waals surface area contributed by atoms with E-state index in [2.05, 4.69) is 0 Å². The van der Waals surface area contributed by atoms with E-state index < -0.39 is 0 Å². The molecule has 1 heterocycles. The van der Waals surface area contributed by atoms with Crippen molar-refractivity contribution < 1.29 is 9.90 Å². The predicted octanol–water partition coefficient (Wildman–Crippen LogP) is 2.62. The van der Waals surface area contributed by atoms with Crippen molar-refractivity contribution in [1.29, 1.82) is 0 Å². The molecule has 2 amide bonds. The molecule has 21 heavy (non-hydrogen) atoms. The first-order valence-electron chi connectivity index (χ1n) is 7.08. The molecular formula is C17H18N2O2. The fourth-order valence-corrected chi connectivity index (χ4v) is 2.55. The van der Waals surface area contributed by atoms with Gasteiger partial charge in [0.25, 0.3) is 0 Å². The molecule has 1 N–H and O–H groups in total. The summed E-state index contributed by atoms with van der Waals surface area (Å²) in [6.07, 6.45) is 0. The van der Waals surface area contributed by atoms with Crippen LogP contribution in [0.5, 0.6) is 0 Å². The minimum absolute atomic E-state index is 0.0222. The highest BCUT2D eigenvalue weighted by Crippen LogP contribution is 2.22. The van der Waals surface area contributed by atoms with E-state index in [9.17, 15) is 4.79 Å². The van der Waals surface area contributed by atoms with Gasteiger partial charge in [-0.25, -0.2) is 4.79 Å². The first-order valence-corrected chi connectivity index (χ1v) is 7.08. The second-order valence-electron chi connectivity index (χ2n) is 5.17. The van der Waals surface area contributed by atoms with Gasteiger partial charge in [-0.05, 0) is 23.3 Å². The minimum Gasteiger partial charge on any atom is -0.392 e. The zero-order valence-electron chi connectivity index (χ0n) is 11.8. The van der Waals surface area contributed by atoms with Crippen LogP contribution >= 0.6 is 0 Å². The molecule has 1 aliphatic rings. The van der Waals surface area contributed by atoms with Gasteiger partial charge in [0.05, 0.1) is 6.61 Å². The maximum atomic E-state index is 12.5. The topological polar surface area (TPSA) is 43.8 Å². The van der Waals surface area contributed by atoms with E-state index in [0.29, 0.717) is 13.1 Å². The molecule has 0 radical (unpaired) electrons. The number of carbonyl (C=O) groups is 1. The number of aliphatic hydroxyl groups is 1. The lowest BCUT2D eigenvalue weighted by Gasteiger charge is -2.19. The maximum absolute atomic E-state index is 12.5. The van der Waals surface area contributed by atoms with Gasteiger partial charge in [-0.2, -0.15) is 0 Å². The highest BCUT2D eigenvalue weighted by atomic mass is 16.3. The van der Waals surface area contributed by atoms with Crippen LogP contribution in [0.3, 0.4) is 0 Å². The van der Waals surface area contributed by atoms with Gasteiger partial charge in [-0.1, -0.05) is 42.5 Å². The lowest BCUT2D eigenvalue weighted by atomic mass is 10.2. The smallest absolute Gasteiger partial charge is 0.324 e. The Labute approximate surface area is 124 Å². The third-order valence-corrected chi connectivity index (χ3v) is 3.74. The number of benzene rings is 2. The summed E-state index contributed by atoms with van der Waals surface area (Å²) < 4.78 is 0. The summed E-state index contributed by atoms with van der Waals surface area (Å²) in [5, 5.41) is 9.06. The number of aliphatic hydroxyl groups excluding tert-OH is 1. The lowest BCUT2D eigenvalue weighted by Crippen LogP contribution is -2.31. The van der Waals surface area contributed by atoms with Gasteiger partial charge in [0, 0.05) is 25.3 Å². The summed E-state index contributed by atoms with van der Waals surface area (Å²) >= 11 is 0. The highest BCUT2D eigenvalue weighted by Gasteiger charge is 2.29. The summed E-state index contributed by atoms with van der Waals surface area (Å²) in [7, 11) is 0. The number of urea groups is 1. The lowest BCUT2D eigenvalue weighted by molar-refractivity contribution is 0.219. The van der Waals surface area contributed by atoms with E-state index in [1.54, 1.807) is 4.90 Å². The molecule has 4 nitrogen and oxygen atoms in total. The first kappa shape index (κ1) is 13.6. The van der Waals surface area contributed by atoms with Crippen LogP contribution in [0.4, 0.5) is 10.5 Å². The molecule has 2 aromatic carbocycles. The standard InChI is InChI=1S/C17H18N2O2/c20-13-15-6-8-16(9-7-15)19-11-10-18(17(19)21)12-14-4-2-1-3-5-14/h1-9,20H,10-13H2. The summed E-state index contributed by atoms with van der Waals surface area (Å²) in [5.41, 5.74) is 2.88. The van der Waals surface area contributed by atoms with Crippen molar-refractivity contribution in [3.63, 3.8) is 0 Å². The predicted molar refractivity (Wildman–Crippen MR) is 82.0 cm³/mol. The van der Waals surface area contributed by atoms with E-state index in [-0.39, 0.29) is 12.6 Å². The third kappa shape index (κ3) is 2.90. The van der Waals surface area contributed by atoms with Gasteiger partial charge in [-0.3, -0.25) is 4.90 Å². The Kier molecular flexibility index (Phi) is 3.88. The largest absolute Gasteiger partial charge is 0.392 e. The van der Waals surface area contributed by atoms with Crippen LogP contribution in [0.2, 0.25) is 0 Å². The summed E-state index contributed by atoms with van der Waals surface area (Å²) in [4.78, 5) is 16.1. The molecule has 0 spiro atoms. The second kappa shape index (κ2) is 5.97. The molecule has 1 fully saturated rings. The molecule has 0 aromatic heterocycles. The molecule has 0 unspecified atom stereocenters. The van der Waals surface area contributed by atoms with Crippen LogP contribution in [0.15, 0.2) is 54.6 Å². The molecule has 1 aliphatic heterocycles. The van der Waals surface area contributed by atoms with Gasteiger partial charge in [0.15, 0.2) is 0 Å². The van der Waals surface area contributed by atoms with Crippen molar-refractivity contribution in [3.8, 4) is 0 Å². The third-order valence-electron chi connectivity index (χ3n) is 3.74. The Balaban J connectivity index is 1.71. The first-order chi connectivity index (χ1) is 10.3. The SMILES string of the molecule is O=C1N(Cc2ccccc2)CCN1c1ccc(CO)cc1. The van der Waals surface area contributed by atoms with Crippen molar-refractivity contribution in [2.45, 2.75) is 13.2 Å². The van der Waals surface area contributed by atoms with Crippen LogP contribution in [-0.2, 0) is 13.2 Å². The Hall–Kier alpha value is -2.33. The molecule has 108 valence electrons. The highest BCUT2D eigenvalue weighted by molar-refractivity contribution is 5.94. The average Bonchev–Trinajstić information content (AvgIpc) is 2.89. The fourth-order valence-electron chi connectivity index (χ4n) is 2.55. The fraction of sp³-hybridized carbons (Fsp3) is 0.235. The Morgan fingerprint density at radius 3 is 2.29 bits per heavy atom. The second-order valence-corrected chi connectivity index (χ2v) is 5.17. The van der Waals surface area contributed by atoms with Gasteiger partial charge >= 0.3 is 6.03 Å². The summed E-state index contributed by atoms with van der Waals surface area (Å²) in [6, 6.07) is 17.5. The molecule has 2 aromatic rings. The van der Waals surface area contributed by atoms with Crippen LogP contribution in [-0.4, -0.2) is 29.1 Å². The number of amides is 2. The van der Waals surface area contributed by atoms with Crippen molar-refractivity contribution in [3.05, 3.63) is 65.7 Å². The zero-order chi connectivity index (χ0) is 14.7. The Morgan fingerprint density at radius 1 is 0.905 bits per heavy atom. The minimum atomic E-state index is 0.0222. The monoisotopic (exact) mass is 282 g/mol. The van der Waals surface area contributed by atoms with E-state index in [0.717, 1.165) is 23.4 Å². The van der Waals surface area contributed by atoms with E-state index in [1.165, 1.54) is 0 Å². The molecule has 1 saturated heterocycles. The Morgan fingerprint density at radius 2 is 1.62 bits per heavy atom. The summed E-state index contributed by atoms with van der Waals surface area (Å²) in [6.45, 7) is 2.10. The van der Waals surface area contributed by atoms with Crippen molar-refractivity contribution >= 4 is 11.7 Å². The number of hydrogen-bond acceptors (Lipinski definition) is 2. The van der Waals surface area contributed by atoms with E-state index >= 15 is 0 Å². The van der Waals surface area contributed by atoms with Crippen molar-refractivity contribution in [2.24, 2.45) is 0 Å². The zero-order valence-corrected chi connectivity index (χ0v) is 11.8. The molecule has 3 rings (SSSR count). The van der Waals surface area contributed by atoms with Gasteiger partial charge in [0.2, 0.25) is 0 Å². The van der Waals surface area contributed by atoms with Gasteiger partial charge in [0.1, 0.15) is 0 Å². The van der Waals surface area contributed by atoms with Crippen LogP contribution in [0, 0.1) is 0 Å².